The second-order valence-corrected chi connectivity index (χ2v) is 10.6. The van der Waals surface area contributed by atoms with Crippen molar-refractivity contribution in [2.75, 3.05) is 13.2 Å². The zero-order valence-corrected chi connectivity index (χ0v) is 24.2. The molecule has 5 heteroatoms. The van der Waals surface area contributed by atoms with E-state index in [9.17, 15) is 9.59 Å². The zero-order chi connectivity index (χ0) is 26.5. The van der Waals surface area contributed by atoms with Crippen LogP contribution in [0.25, 0.3) is 0 Å². The Balaban J connectivity index is 3.57. The molecule has 0 aliphatic heterocycles. The summed E-state index contributed by atoms with van der Waals surface area (Å²) < 4.78 is 10.7. The second kappa shape index (κ2) is 28.5. The molecule has 0 amide bonds. The van der Waals surface area contributed by atoms with Gasteiger partial charge in [-0.2, -0.15) is 0 Å². The molecule has 0 aromatic heterocycles. The van der Waals surface area contributed by atoms with Crippen LogP contribution in [0.5, 0.6) is 0 Å². The van der Waals surface area contributed by atoms with Crippen molar-refractivity contribution in [3.8, 4) is 0 Å². The second-order valence-electron chi connectivity index (χ2n) is 10.6. The lowest BCUT2D eigenvalue weighted by molar-refractivity contribution is -0.158. The Labute approximate surface area is 224 Å². The molecule has 1 unspecified atom stereocenters. The summed E-state index contributed by atoms with van der Waals surface area (Å²) in [4.78, 5) is 24.1. The largest absolute Gasteiger partial charge is 0.462 e. The Morgan fingerprint density at radius 1 is 0.528 bits per heavy atom. The van der Waals surface area contributed by atoms with Crippen molar-refractivity contribution in [1.82, 2.24) is 0 Å². The summed E-state index contributed by atoms with van der Waals surface area (Å²) in [5, 5.41) is 0. The topological polar surface area (TPSA) is 78.6 Å². The highest BCUT2D eigenvalue weighted by molar-refractivity contribution is 5.70. The van der Waals surface area contributed by atoms with Gasteiger partial charge in [0.1, 0.15) is 12.7 Å². The molecule has 0 fully saturated rings. The minimum Gasteiger partial charge on any atom is -0.462 e. The van der Waals surface area contributed by atoms with Gasteiger partial charge in [-0.05, 0) is 12.8 Å². The van der Waals surface area contributed by atoms with Crippen molar-refractivity contribution in [1.29, 1.82) is 0 Å². The molecule has 36 heavy (non-hydrogen) atoms. The fraction of sp³-hybridized carbons (Fsp3) is 0.935. The van der Waals surface area contributed by atoms with E-state index < -0.39 is 6.10 Å². The van der Waals surface area contributed by atoms with E-state index in [-0.39, 0.29) is 25.1 Å². The summed E-state index contributed by atoms with van der Waals surface area (Å²) in [5.74, 6) is -0.450. The molecule has 0 aliphatic rings. The summed E-state index contributed by atoms with van der Waals surface area (Å²) in [6.45, 7) is 4.75. The van der Waals surface area contributed by atoms with Crippen LogP contribution in [0.2, 0.25) is 0 Å². The van der Waals surface area contributed by atoms with Gasteiger partial charge >= 0.3 is 11.9 Å². The maximum Gasteiger partial charge on any atom is 0.306 e. The van der Waals surface area contributed by atoms with Gasteiger partial charge in [0, 0.05) is 19.4 Å². The molecule has 0 heterocycles. The van der Waals surface area contributed by atoms with Gasteiger partial charge in [0.05, 0.1) is 0 Å². The maximum absolute atomic E-state index is 12.1. The summed E-state index contributed by atoms with van der Waals surface area (Å²) in [6.07, 6.45) is 27.9. The summed E-state index contributed by atoms with van der Waals surface area (Å²) >= 11 is 0. The Hall–Kier alpha value is -1.10. The summed E-state index contributed by atoms with van der Waals surface area (Å²) in [5.41, 5.74) is 5.71. The van der Waals surface area contributed by atoms with Crippen molar-refractivity contribution < 1.29 is 19.1 Å². The monoisotopic (exact) mass is 511 g/mol. The van der Waals surface area contributed by atoms with Crippen molar-refractivity contribution >= 4 is 11.9 Å². The highest BCUT2D eigenvalue weighted by Gasteiger charge is 2.15. The van der Waals surface area contributed by atoms with Gasteiger partial charge in [0.15, 0.2) is 0 Å². The number of rotatable bonds is 28. The quantitative estimate of drug-likeness (QED) is 0.0838. The van der Waals surface area contributed by atoms with Gasteiger partial charge in [0.2, 0.25) is 0 Å². The lowest BCUT2D eigenvalue weighted by atomic mass is 10.1. The van der Waals surface area contributed by atoms with Crippen LogP contribution in [0.3, 0.4) is 0 Å². The third kappa shape index (κ3) is 26.0. The van der Waals surface area contributed by atoms with Gasteiger partial charge in [-0.1, -0.05) is 142 Å². The lowest BCUT2D eigenvalue weighted by Crippen LogP contribution is -2.32. The smallest absolute Gasteiger partial charge is 0.306 e. The SMILES string of the molecule is CCCCCCCCCCCCCC(=O)OCC(CN)OC(=O)CCCCCCCCCCCCC. The van der Waals surface area contributed by atoms with Crippen LogP contribution in [-0.4, -0.2) is 31.2 Å². The maximum atomic E-state index is 12.1. The van der Waals surface area contributed by atoms with Crippen molar-refractivity contribution in [2.45, 2.75) is 174 Å². The van der Waals surface area contributed by atoms with Crippen LogP contribution in [-0.2, 0) is 19.1 Å². The number of carbonyl (C=O) groups excluding carboxylic acids is 2. The van der Waals surface area contributed by atoms with Crippen LogP contribution in [0.1, 0.15) is 168 Å². The fourth-order valence-corrected chi connectivity index (χ4v) is 4.52. The first kappa shape index (κ1) is 34.9. The van der Waals surface area contributed by atoms with E-state index in [1.54, 1.807) is 0 Å². The van der Waals surface area contributed by atoms with Gasteiger partial charge < -0.3 is 15.2 Å². The predicted octanol–water partition coefficient (Wildman–Crippen LogP) is 8.80. The van der Waals surface area contributed by atoms with E-state index >= 15 is 0 Å². The van der Waals surface area contributed by atoms with Crippen molar-refractivity contribution in [3.05, 3.63) is 0 Å². The first-order valence-electron chi connectivity index (χ1n) is 15.7. The number of ether oxygens (including phenoxy) is 2. The molecule has 0 aromatic rings. The molecular formula is C31H61NO4. The van der Waals surface area contributed by atoms with Crippen molar-refractivity contribution in [2.24, 2.45) is 5.73 Å². The number of hydrogen-bond acceptors (Lipinski definition) is 5. The Morgan fingerprint density at radius 3 is 1.22 bits per heavy atom. The summed E-state index contributed by atoms with van der Waals surface area (Å²) in [7, 11) is 0. The third-order valence-electron chi connectivity index (χ3n) is 6.96. The number of hydrogen-bond donors (Lipinski definition) is 1. The molecule has 1 atom stereocenters. The Kier molecular flexibility index (Phi) is 27.6. The predicted molar refractivity (Wildman–Crippen MR) is 152 cm³/mol. The molecule has 0 rings (SSSR count). The van der Waals surface area contributed by atoms with E-state index in [0.717, 1.165) is 25.7 Å². The minimum absolute atomic E-state index is 0.0668. The summed E-state index contributed by atoms with van der Waals surface area (Å²) in [6, 6.07) is 0. The van der Waals surface area contributed by atoms with Crippen LogP contribution in [0, 0.1) is 0 Å². The number of unbranched alkanes of at least 4 members (excludes halogenated alkanes) is 20. The van der Waals surface area contributed by atoms with E-state index in [2.05, 4.69) is 13.8 Å². The van der Waals surface area contributed by atoms with Gasteiger partial charge in [-0.15, -0.1) is 0 Å². The molecule has 2 N–H and O–H groups in total. The fourth-order valence-electron chi connectivity index (χ4n) is 4.52. The van der Waals surface area contributed by atoms with Crippen LogP contribution < -0.4 is 5.73 Å². The van der Waals surface area contributed by atoms with E-state index in [1.807, 2.05) is 0 Å². The molecular weight excluding hydrogens is 450 g/mol. The van der Waals surface area contributed by atoms with Crippen LogP contribution >= 0.6 is 0 Å². The molecule has 0 aromatic carbocycles. The zero-order valence-electron chi connectivity index (χ0n) is 24.2. The van der Waals surface area contributed by atoms with Crippen LogP contribution in [0.15, 0.2) is 0 Å². The van der Waals surface area contributed by atoms with Gasteiger partial charge in [-0.3, -0.25) is 9.59 Å². The van der Waals surface area contributed by atoms with E-state index in [1.165, 1.54) is 116 Å². The lowest BCUT2D eigenvalue weighted by Gasteiger charge is -2.16. The molecule has 0 radical (unpaired) electrons. The number of esters is 2. The molecule has 214 valence electrons. The van der Waals surface area contributed by atoms with Gasteiger partial charge in [-0.25, -0.2) is 0 Å². The molecule has 0 bridgehead atoms. The van der Waals surface area contributed by atoms with E-state index in [0.29, 0.717) is 12.8 Å². The van der Waals surface area contributed by atoms with E-state index in [4.69, 9.17) is 15.2 Å². The molecule has 0 aliphatic carbocycles. The molecule has 0 saturated carbocycles. The highest BCUT2D eigenvalue weighted by Crippen LogP contribution is 2.14. The average Bonchev–Trinajstić information content (AvgIpc) is 2.88. The first-order chi connectivity index (χ1) is 17.6. The molecule has 0 saturated heterocycles. The normalized spacial score (nSPS) is 12.0. The number of carbonyl (C=O) groups is 2. The van der Waals surface area contributed by atoms with Crippen molar-refractivity contribution in [3.63, 3.8) is 0 Å². The van der Waals surface area contributed by atoms with Crippen LogP contribution in [0.4, 0.5) is 0 Å². The molecule has 0 spiro atoms. The Morgan fingerprint density at radius 2 is 0.861 bits per heavy atom. The third-order valence-corrected chi connectivity index (χ3v) is 6.96. The minimum atomic E-state index is -0.536. The first-order valence-corrected chi connectivity index (χ1v) is 15.7. The number of nitrogens with two attached hydrogens (primary N) is 1. The highest BCUT2D eigenvalue weighted by atomic mass is 16.6. The Bertz CT molecular complexity index is 483. The molecule has 5 nitrogen and oxygen atoms in total. The standard InChI is InChI=1S/C31H61NO4/c1-3-5-7-9-11-13-15-17-19-21-23-25-30(33)35-28-29(27-32)36-31(34)26-24-22-20-18-16-14-12-10-8-6-4-2/h29H,3-28,32H2,1-2H3. The van der Waals surface area contributed by atoms with Gasteiger partial charge in [0.25, 0.3) is 0 Å². The average molecular weight is 512 g/mol.